The third kappa shape index (κ3) is 2.90. The van der Waals surface area contributed by atoms with Crippen LogP contribution < -0.4 is 0 Å². The molecule has 0 atom stereocenters. The summed E-state index contributed by atoms with van der Waals surface area (Å²) in [5, 5.41) is 8.70. The van der Waals surface area contributed by atoms with Crippen molar-refractivity contribution in [1.82, 2.24) is 4.98 Å². The van der Waals surface area contributed by atoms with Gasteiger partial charge in [0.15, 0.2) is 0 Å². The Morgan fingerprint density at radius 2 is 1.82 bits per heavy atom. The van der Waals surface area contributed by atoms with Crippen molar-refractivity contribution >= 4 is 0 Å². The van der Waals surface area contributed by atoms with Crippen molar-refractivity contribution in [2.45, 2.75) is 0 Å². The largest absolute Gasteiger partial charge is 0.263 e. The van der Waals surface area contributed by atoms with Gasteiger partial charge in [-0.15, -0.1) is 0 Å². The molecule has 1 aromatic carbocycles. The number of pyridine rings is 1. The van der Waals surface area contributed by atoms with E-state index in [1.807, 2.05) is 12.1 Å². The molecule has 0 aliphatic rings. The second-order valence-corrected chi connectivity index (χ2v) is 3.33. The van der Waals surface area contributed by atoms with E-state index >= 15 is 0 Å². The van der Waals surface area contributed by atoms with Gasteiger partial charge in [-0.1, -0.05) is 11.8 Å². The fraction of sp³-hybridized carbons (Fsp3) is 0. The molecule has 0 saturated carbocycles. The lowest BCUT2D eigenvalue weighted by Gasteiger charge is -1.93. The summed E-state index contributed by atoms with van der Waals surface area (Å²) in [4.78, 5) is 3.92. The van der Waals surface area contributed by atoms with Crippen molar-refractivity contribution in [3.8, 4) is 17.9 Å². The number of nitrogens with zero attached hydrogens (tertiary/aromatic N) is 2. The van der Waals surface area contributed by atoms with Gasteiger partial charge >= 0.3 is 0 Å². The number of aromatic nitrogens is 1. The lowest BCUT2D eigenvalue weighted by molar-refractivity contribution is 0.627. The van der Waals surface area contributed by atoms with Crippen molar-refractivity contribution in [3.63, 3.8) is 0 Å². The number of hydrogen-bond acceptors (Lipinski definition) is 2. The predicted octanol–water partition coefficient (Wildman–Crippen LogP) is 2.49. The summed E-state index contributed by atoms with van der Waals surface area (Å²) in [7, 11) is 0. The molecule has 1 aromatic heterocycles. The maximum absolute atomic E-state index is 13.1. The molecule has 2 rings (SSSR count). The maximum atomic E-state index is 13.1. The van der Waals surface area contributed by atoms with Gasteiger partial charge in [-0.05, 0) is 30.3 Å². The number of benzene rings is 1. The molecular formula is C14H7FN2. The van der Waals surface area contributed by atoms with Crippen LogP contribution in [0.4, 0.5) is 4.39 Å². The number of hydrogen-bond donors (Lipinski definition) is 0. The van der Waals surface area contributed by atoms with Gasteiger partial charge in [-0.3, -0.25) is 4.98 Å². The molecule has 0 bridgehead atoms. The molecule has 1 heterocycles. The first kappa shape index (κ1) is 10.9. The Morgan fingerprint density at radius 1 is 1.06 bits per heavy atom. The van der Waals surface area contributed by atoms with Crippen LogP contribution in [0.25, 0.3) is 0 Å². The van der Waals surface area contributed by atoms with Crippen LogP contribution >= 0.6 is 0 Å². The second-order valence-electron chi connectivity index (χ2n) is 3.33. The fourth-order valence-corrected chi connectivity index (χ4v) is 1.31. The summed E-state index contributed by atoms with van der Waals surface area (Å²) in [6.45, 7) is 0. The van der Waals surface area contributed by atoms with Gasteiger partial charge in [0.05, 0.1) is 11.6 Å². The Labute approximate surface area is 98.4 Å². The fourth-order valence-electron chi connectivity index (χ4n) is 1.31. The first-order valence-corrected chi connectivity index (χ1v) is 4.91. The van der Waals surface area contributed by atoms with Crippen molar-refractivity contribution in [1.29, 1.82) is 5.26 Å². The molecule has 0 unspecified atom stereocenters. The van der Waals surface area contributed by atoms with Crippen LogP contribution in [0.5, 0.6) is 0 Å². The van der Waals surface area contributed by atoms with Gasteiger partial charge in [0, 0.05) is 23.5 Å². The molecule has 0 fully saturated rings. The number of rotatable bonds is 0. The third-order valence-electron chi connectivity index (χ3n) is 2.04. The van der Waals surface area contributed by atoms with E-state index in [0.29, 0.717) is 5.56 Å². The Morgan fingerprint density at radius 3 is 2.53 bits per heavy atom. The third-order valence-corrected chi connectivity index (χ3v) is 2.04. The lowest BCUT2D eigenvalue weighted by Crippen LogP contribution is -1.83. The van der Waals surface area contributed by atoms with Gasteiger partial charge < -0.3 is 0 Å². The summed E-state index contributed by atoms with van der Waals surface area (Å²) < 4.78 is 13.1. The van der Waals surface area contributed by atoms with E-state index in [1.54, 1.807) is 24.5 Å². The quantitative estimate of drug-likeness (QED) is 0.642. The molecular weight excluding hydrogens is 215 g/mol. The van der Waals surface area contributed by atoms with E-state index in [4.69, 9.17) is 5.26 Å². The highest BCUT2D eigenvalue weighted by atomic mass is 19.1. The average molecular weight is 222 g/mol. The minimum Gasteiger partial charge on any atom is -0.263 e. The minimum absolute atomic E-state index is 0.264. The van der Waals surface area contributed by atoms with Gasteiger partial charge in [-0.25, -0.2) is 4.39 Å². The molecule has 0 aliphatic heterocycles. The highest BCUT2D eigenvalue weighted by molar-refractivity contribution is 5.45. The first-order valence-electron chi connectivity index (χ1n) is 4.91. The maximum Gasteiger partial charge on any atom is 0.125 e. The van der Waals surface area contributed by atoms with E-state index in [-0.39, 0.29) is 5.56 Å². The monoisotopic (exact) mass is 222 g/mol. The topological polar surface area (TPSA) is 36.7 Å². The molecule has 0 spiro atoms. The Hall–Kier alpha value is -2.65. The Kier molecular flexibility index (Phi) is 3.14. The second kappa shape index (κ2) is 4.92. The summed E-state index contributed by atoms with van der Waals surface area (Å²) in [6, 6.07) is 9.49. The van der Waals surface area contributed by atoms with Crippen molar-refractivity contribution in [3.05, 3.63) is 65.2 Å². The molecule has 0 saturated heterocycles. The SMILES string of the molecule is N#Cc1cc(F)cc(C#Cc2cccnc2)c1. The van der Waals surface area contributed by atoms with Crippen LogP contribution in [-0.4, -0.2) is 4.98 Å². The van der Waals surface area contributed by atoms with Gasteiger partial charge in [0.25, 0.3) is 0 Å². The smallest absolute Gasteiger partial charge is 0.125 e. The standard InChI is InChI=1S/C14H7FN2/c15-14-7-12(6-13(8-14)9-16)4-3-11-2-1-5-17-10-11/h1-2,5-8,10H. The van der Waals surface area contributed by atoms with E-state index in [9.17, 15) is 4.39 Å². The molecule has 0 N–H and O–H groups in total. The van der Waals surface area contributed by atoms with Crippen molar-refractivity contribution < 1.29 is 4.39 Å². The molecule has 17 heavy (non-hydrogen) atoms. The zero-order chi connectivity index (χ0) is 12.1. The van der Waals surface area contributed by atoms with Crippen LogP contribution in [0.15, 0.2) is 42.7 Å². The Balaban J connectivity index is 2.35. The number of nitriles is 1. The van der Waals surface area contributed by atoms with Crippen LogP contribution in [0.1, 0.15) is 16.7 Å². The van der Waals surface area contributed by atoms with E-state index < -0.39 is 5.82 Å². The van der Waals surface area contributed by atoms with Crippen LogP contribution in [0.2, 0.25) is 0 Å². The predicted molar refractivity (Wildman–Crippen MR) is 61.3 cm³/mol. The molecule has 2 aromatic rings. The average Bonchev–Trinajstić information content (AvgIpc) is 2.37. The van der Waals surface area contributed by atoms with Gasteiger partial charge in [0.1, 0.15) is 5.82 Å². The zero-order valence-electron chi connectivity index (χ0n) is 8.81. The zero-order valence-corrected chi connectivity index (χ0v) is 8.81. The van der Waals surface area contributed by atoms with Gasteiger partial charge in [-0.2, -0.15) is 5.26 Å². The van der Waals surface area contributed by atoms with E-state index in [1.165, 1.54) is 12.1 Å². The van der Waals surface area contributed by atoms with Crippen molar-refractivity contribution in [2.24, 2.45) is 0 Å². The van der Waals surface area contributed by atoms with Gasteiger partial charge in [0.2, 0.25) is 0 Å². The highest BCUT2D eigenvalue weighted by Gasteiger charge is 1.97. The first-order chi connectivity index (χ1) is 8.28. The van der Waals surface area contributed by atoms with Crippen LogP contribution in [-0.2, 0) is 0 Å². The summed E-state index contributed by atoms with van der Waals surface area (Å²) in [5.41, 5.74) is 1.49. The minimum atomic E-state index is -0.459. The number of halogens is 1. The Bertz CT molecular complexity index is 631. The molecule has 80 valence electrons. The molecule has 0 amide bonds. The van der Waals surface area contributed by atoms with Crippen LogP contribution in [0, 0.1) is 29.0 Å². The summed E-state index contributed by atoms with van der Waals surface area (Å²) in [6.07, 6.45) is 3.28. The van der Waals surface area contributed by atoms with E-state index in [2.05, 4.69) is 16.8 Å². The molecule has 0 aliphatic carbocycles. The summed E-state index contributed by atoms with van der Waals surface area (Å²) >= 11 is 0. The molecule has 0 radical (unpaired) electrons. The van der Waals surface area contributed by atoms with Crippen molar-refractivity contribution in [2.75, 3.05) is 0 Å². The molecule has 2 nitrogen and oxygen atoms in total. The molecule has 3 heteroatoms. The normalized spacial score (nSPS) is 8.94. The van der Waals surface area contributed by atoms with E-state index in [0.717, 1.165) is 5.56 Å². The van der Waals surface area contributed by atoms with Crippen LogP contribution in [0.3, 0.4) is 0 Å². The summed E-state index contributed by atoms with van der Waals surface area (Å²) in [5.74, 6) is 5.19. The highest BCUT2D eigenvalue weighted by Crippen LogP contribution is 2.07. The lowest BCUT2D eigenvalue weighted by atomic mass is 10.1.